The number of ether oxygens (including phenoxy) is 1. The van der Waals surface area contributed by atoms with Crippen LogP contribution in [0.4, 0.5) is 0 Å². The summed E-state index contributed by atoms with van der Waals surface area (Å²) in [7, 11) is 1.66. The Morgan fingerprint density at radius 1 is 1.32 bits per heavy atom. The average molecular weight is 326 g/mol. The minimum Gasteiger partial charge on any atom is -0.376 e. The first kappa shape index (κ1) is 17.3. The number of carbonyl (C=O) groups is 2. The maximum atomic E-state index is 11.8. The Labute approximate surface area is 136 Å². The van der Waals surface area contributed by atoms with Crippen molar-refractivity contribution in [3.63, 3.8) is 0 Å². The molecule has 2 rings (SSSR count). The monoisotopic (exact) mass is 326 g/mol. The van der Waals surface area contributed by atoms with Crippen LogP contribution in [-0.4, -0.2) is 49.1 Å². The van der Waals surface area contributed by atoms with E-state index in [9.17, 15) is 9.59 Å². The summed E-state index contributed by atoms with van der Waals surface area (Å²) >= 11 is 1.81. The maximum absolute atomic E-state index is 11.8. The number of allylic oxidation sites excluding steroid dienone is 1. The molecule has 2 N–H and O–H groups in total. The lowest BCUT2D eigenvalue weighted by atomic mass is 9.97. The molecule has 1 unspecified atom stereocenters. The number of amides is 2. The minimum atomic E-state index is -0.564. The third-order valence-electron chi connectivity index (χ3n) is 4.39. The lowest BCUT2D eigenvalue weighted by Gasteiger charge is -2.26. The predicted octanol–water partition coefficient (Wildman–Crippen LogP) is 1.63. The van der Waals surface area contributed by atoms with Gasteiger partial charge in [0, 0.05) is 26.0 Å². The second kappa shape index (κ2) is 8.58. The van der Waals surface area contributed by atoms with Gasteiger partial charge in [0.1, 0.15) is 0 Å². The Morgan fingerprint density at radius 2 is 2.14 bits per heavy atom. The van der Waals surface area contributed by atoms with E-state index in [-0.39, 0.29) is 5.60 Å². The predicted molar refractivity (Wildman–Crippen MR) is 88.9 cm³/mol. The van der Waals surface area contributed by atoms with Gasteiger partial charge in [0.05, 0.1) is 5.60 Å². The van der Waals surface area contributed by atoms with Crippen molar-refractivity contribution in [3.8, 4) is 0 Å². The summed E-state index contributed by atoms with van der Waals surface area (Å²) in [5.74, 6) is 0.782. The molecular weight excluding hydrogens is 300 g/mol. The number of hydrogen-bond acceptors (Lipinski definition) is 4. The Kier molecular flexibility index (Phi) is 6.76. The highest BCUT2D eigenvalue weighted by atomic mass is 32.2. The summed E-state index contributed by atoms with van der Waals surface area (Å²) in [6.07, 6.45) is 8.77. The number of thioether (sulfide) groups is 1. The van der Waals surface area contributed by atoms with Crippen LogP contribution in [-0.2, 0) is 14.3 Å². The van der Waals surface area contributed by atoms with Crippen LogP contribution in [0.5, 0.6) is 0 Å². The van der Waals surface area contributed by atoms with Crippen molar-refractivity contribution in [2.75, 3.05) is 31.7 Å². The summed E-state index contributed by atoms with van der Waals surface area (Å²) in [6, 6.07) is 0. The second-order valence-corrected chi connectivity index (χ2v) is 7.09. The smallest absolute Gasteiger partial charge is 0.309 e. The van der Waals surface area contributed by atoms with Gasteiger partial charge in [-0.3, -0.25) is 9.59 Å². The van der Waals surface area contributed by atoms with Crippen LogP contribution in [0.15, 0.2) is 11.6 Å². The molecule has 22 heavy (non-hydrogen) atoms. The molecule has 0 bridgehead atoms. The maximum Gasteiger partial charge on any atom is 0.309 e. The third-order valence-corrected chi connectivity index (χ3v) is 5.62. The van der Waals surface area contributed by atoms with E-state index in [1.807, 2.05) is 11.8 Å². The Morgan fingerprint density at radius 3 is 2.77 bits per heavy atom. The van der Waals surface area contributed by atoms with Gasteiger partial charge in [-0.05, 0) is 44.3 Å². The summed E-state index contributed by atoms with van der Waals surface area (Å²) in [6.45, 7) is 0.928. The van der Waals surface area contributed by atoms with E-state index < -0.39 is 11.8 Å². The summed E-state index contributed by atoms with van der Waals surface area (Å²) < 4.78 is 5.51. The molecule has 1 aliphatic carbocycles. The minimum absolute atomic E-state index is 0.312. The number of rotatable bonds is 6. The standard InChI is InChI=1S/C16H26N2O3S/c1-21-16(8-10-22-12-16)11-18-15(20)14(19)17-9-7-13-5-3-2-4-6-13/h5H,2-4,6-12H2,1H3,(H,17,19)(H,18,20). The molecule has 0 aromatic heterocycles. The number of methoxy groups -OCH3 is 1. The van der Waals surface area contributed by atoms with Crippen molar-refractivity contribution in [2.45, 2.75) is 44.1 Å². The van der Waals surface area contributed by atoms with E-state index in [1.54, 1.807) is 7.11 Å². The Bertz CT molecular complexity index is 431. The molecule has 0 radical (unpaired) electrons. The highest BCUT2D eigenvalue weighted by molar-refractivity contribution is 7.99. The zero-order chi connectivity index (χ0) is 15.8. The van der Waals surface area contributed by atoms with Crippen molar-refractivity contribution in [1.29, 1.82) is 0 Å². The van der Waals surface area contributed by atoms with E-state index in [0.29, 0.717) is 13.1 Å². The summed E-state index contributed by atoms with van der Waals surface area (Å²) in [4.78, 5) is 23.6. The van der Waals surface area contributed by atoms with Gasteiger partial charge in [0.15, 0.2) is 0 Å². The zero-order valence-electron chi connectivity index (χ0n) is 13.3. The lowest BCUT2D eigenvalue weighted by Crippen LogP contribution is -2.48. The molecule has 2 amide bonds. The number of hydrogen-bond donors (Lipinski definition) is 2. The largest absolute Gasteiger partial charge is 0.376 e. The fourth-order valence-corrected chi connectivity index (χ4v) is 4.23. The van der Waals surface area contributed by atoms with E-state index in [1.165, 1.54) is 18.4 Å². The van der Waals surface area contributed by atoms with Crippen LogP contribution in [0.3, 0.4) is 0 Å². The van der Waals surface area contributed by atoms with E-state index in [0.717, 1.165) is 37.2 Å². The molecule has 2 aliphatic rings. The molecule has 0 aromatic rings. The van der Waals surface area contributed by atoms with Crippen molar-refractivity contribution in [3.05, 3.63) is 11.6 Å². The molecule has 0 aromatic carbocycles. The van der Waals surface area contributed by atoms with Crippen LogP contribution < -0.4 is 10.6 Å². The van der Waals surface area contributed by atoms with Crippen LogP contribution in [0.2, 0.25) is 0 Å². The van der Waals surface area contributed by atoms with Gasteiger partial charge in [-0.25, -0.2) is 0 Å². The van der Waals surface area contributed by atoms with Gasteiger partial charge in [-0.2, -0.15) is 11.8 Å². The number of nitrogens with one attached hydrogen (secondary N) is 2. The van der Waals surface area contributed by atoms with Gasteiger partial charge in [-0.1, -0.05) is 11.6 Å². The molecular formula is C16H26N2O3S. The SMILES string of the molecule is COC1(CNC(=O)C(=O)NCCC2=CCCCC2)CCSC1. The van der Waals surface area contributed by atoms with Crippen LogP contribution in [0, 0.1) is 0 Å². The van der Waals surface area contributed by atoms with Crippen LogP contribution in [0.1, 0.15) is 38.5 Å². The second-order valence-electron chi connectivity index (χ2n) is 5.99. The lowest BCUT2D eigenvalue weighted by molar-refractivity contribution is -0.139. The summed E-state index contributed by atoms with van der Waals surface area (Å²) in [5, 5.41) is 5.40. The highest BCUT2D eigenvalue weighted by Gasteiger charge is 2.35. The normalized spacial score (nSPS) is 24.7. The molecule has 124 valence electrons. The zero-order valence-corrected chi connectivity index (χ0v) is 14.1. The molecule has 6 heteroatoms. The fraction of sp³-hybridized carbons (Fsp3) is 0.750. The first-order chi connectivity index (χ1) is 10.7. The van der Waals surface area contributed by atoms with Crippen molar-refractivity contribution >= 4 is 23.6 Å². The summed E-state index contributed by atoms with van der Waals surface area (Å²) in [5.41, 5.74) is 1.08. The van der Waals surface area contributed by atoms with Crippen LogP contribution >= 0.6 is 11.8 Å². The first-order valence-electron chi connectivity index (χ1n) is 8.02. The van der Waals surface area contributed by atoms with Gasteiger partial charge < -0.3 is 15.4 Å². The van der Waals surface area contributed by atoms with Gasteiger partial charge in [-0.15, -0.1) is 0 Å². The van der Waals surface area contributed by atoms with E-state index >= 15 is 0 Å². The molecule has 1 saturated heterocycles. The average Bonchev–Trinajstić information content (AvgIpc) is 3.03. The van der Waals surface area contributed by atoms with Gasteiger partial charge >= 0.3 is 11.8 Å². The van der Waals surface area contributed by atoms with Crippen molar-refractivity contribution < 1.29 is 14.3 Å². The van der Waals surface area contributed by atoms with Gasteiger partial charge in [0.2, 0.25) is 0 Å². The van der Waals surface area contributed by atoms with Crippen molar-refractivity contribution in [1.82, 2.24) is 10.6 Å². The molecule has 5 nitrogen and oxygen atoms in total. The molecule has 1 atom stereocenters. The molecule has 1 fully saturated rings. The Hall–Kier alpha value is -1.01. The Balaban J connectivity index is 1.66. The fourth-order valence-electron chi connectivity index (χ4n) is 2.83. The van der Waals surface area contributed by atoms with E-state index in [4.69, 9.17) is 4.74 Å². The quantitative estimate of drug-likeness (QED) is 0.575. The molecule has 1 heterocycles. The topological polar surface area (TPSA) is 67.4 Å². The van der Waals surface area contributed by atoms with Crippen molar-refractivity contribution in [2.24, 2.45) is 0 Å². The van der Waals surface area contributed by atoms with E-state index in [2.05, 4.69) is 16.7 Å². The number of carbonyl (C=O) groups excluding carboxylic acids is 2. The molecule has 0 saturated carbocycles. The van der Waals surface area contributed by atoms with Crippen LogP contribution in [0.25, 0.3) is 0 Å². The highest BCUT2D eigenvalue weighted by Crippen LogP contribution is 2.30. The van der Waals surface area contributed by atoms with Gasteiger partial charge in [0.25, 0.3) is 0 Å². The first-order valence-corrected chi connectivity index (χ1v) is 9.17. The third kappa shape index (κ3) is 5.02. The molecule has 1 aliphatic heterocycles. The molecule has 0 spiro atoms.